The molecule has 0 spiro atoms. The summed E-state index contributed by atoms with van der Waals surface area (Å²) in [5.41, 5.74) is 12.8. The molecule has 7 nitrogen and oxygen atoms in total. The first-order chi connectivity index (χ1) is 10.4. The molecule has 0 saturated heterocycles. The maximum absolute atomic E-state index is 11.8. The van der Waals surface area contributed by atoms with Gasteiger partial charge in [-0.2, -0.15) is 8.42 Å². The third kappa shape index (κ3) is 6.15. The van der Waals surface area contributed by atoms with Crippen LogP contribution in [0.5, 0.6) is 5.75 Å². The van der Waals surface area contributed by atoms with E-state index in [9.17, 15) is 13.2 Å². The molecule has 10 heteroatoms. The summed E-state index contributed by atoms with van der Waals surface area (Å²) in [7, 11) is -4.42. The van der Waals surface area contributed by atoms with Crippen molar-refractivity contribution >= 4 is 51.5 Å². The second-order valence-electron chi connectivity index (χ2n) is 4.49. The molecule has 0 aliphatic rings. The van der Waals surface area contributed by atoms with E-state index in [2.05, 4.69) is 5.32 Å². The van der Waals surface area contributed by atoms with Gasteiger partial charge in [-0.15, -0.1) is 24.8 Å². The fourth-order valence-electron chi connectivity index (χ4n) is 1.59. The van der Waals surface area contributed by atoms with Crippen LogP contribution in [0.2, 0.25) is 0 Å². The van der Waals surface area contributed by atoms with Crippen molar-refractivity contribution in [3.05, 3.63) is 54.1 Å². The van der Waals surface area contributed by atoms with E-state index in [-0.39, 0.29) is 37.1 Å². The van der Waals surface area contributed by atoms with E-state index >= 15 is 0 Å². The number of rotatable bonds is 4. The molecular formula is C14H17Cl2N3O4S. The third-order valence-electron chi connectivity index (χ3n) is 2.73. The van der Waals surface area contributed by atoms with Gasteiger partial charge in [-0.1, -0.05) is 12.1 Å². The molecule has 2 aromatic carbocycles. The Labute approximate surface area is 152 Å². The lowest BCUT2D eigenvalue weighted by molar-refractivity contribution is 0.255. The average Bonchev–Trinajstić information content (AvgIpc) is 2.48. The van der Waals surface area contributed by atoms with E-state index in [4.69, 9.17) is 15.7 Å². The molecule has 132 valence electrons. The van der Waals surface area contributed by atoms with E-state index in [0.717, 1.165) is 0 Å². The molecule has 2 aromatic rings. The number of nitrogen functional groups attached to an aromatic ring is 2. The molecule has 0 radical (unpaired) electrons. The van der Waals surface area contributed by atoms with Crippen molar-refractivity contribution in [2.75, 3.05) is 11.5 Å². The molecule has 0 aliphatic heterocycles. The van der Waals surface area contributed by atoms with Gasteiger partial charge in [0.1, 0.15) is 5.75 Å². The van der Waals surface area contributed by atoms with E-state index in [1.165, 1.54) is 24.3 Å². The van der Waals surface area contributed by atoms with Crippen LogP contribution in [-0.4, -0.2) is 13.7 Å². The van der Waals surface area contributed by atoms with Crippen LogP contribution in [0.4, 0.5) is 16.2 Å². The Morgan fingerprint density at radius 1 is 0.917 bits per heavy atom. The minimum atomic E-state index is -4.42. The Hall–Kier alpha value is -2.16. The molecular weight excluding hydrogens is 377 g/mol. The van der Waals surface area contributed by atoms with Gasteiger partial charge < -0.3 is 21.0 Å². The van der Waals surface area contributed by atoms with Crippen LogP contribution < -0.4 is 21.0 Å². The fraction of sp³-hybridized carbons (Fsp3) is 0.0714. The van der Waals surface area contributed by atoms with Crippen LogP contribution in [0.3, 0.4) is 0 Å². The Kier molecular flexibility index (Phi) is 8.38. The minimum Gasteiger partial charge on any atom is -0.399 e. The number of carbonyl (C=O) groups excluding carboxylic acids is 1. The number of amides is 1. The van der Waals surface area contributed by atoms with Crippen LogP contribution in [0.15, 0.2) is 48.5 Å². The van der Waals surface area contributed by atoms with Crippen LogP contribution in [0, 0.1) is 0 Å². The number of nitrogens with two attached hydrogens (primary N) is 2. The van der Waals surface area contributed by atoms with E-state index in [1.54, 1.807) is 24.3 Å². The van der Waals surface area contributed by atoms with Crippen LogP contribution in [0.25, 0.3) is 0 Å². The monoisotopic (exact) mass is 393 g/mol. The lowest BCUT2D eigenvalue weighted by Crippen LogP contribution is -2.32. The van der Waals surface area contributed by atoms with Crippen LogP contribution >= 0.6 is 24.8 Å². The van der Waals surface area contributed by atoms with Gasteiger partial charge in [0, 0.05) is 17.9 Å². The van der Waals surface area contributed by atoms with Crippen molar-refractivity contribution in [2.45, 2.75) is 6.54 Å². The highest BCUT2D eigenvalue weighted by atomic mass is 35.5. The summed E-state index contributed by atoms with van der Waals surface area (Å²) in [4.78, 5) is 11.7. The Morgan fingerprint density at radius 2 is 1.38 bits per heavy atom. The maximum atomic E-state index is 11.8. The molecule has 24 heavy (non-hydrogen) atoms. The zero-order valence-electron chi connectivity index (χ0n) is 12.3. The van der Waals surface area contributed by atoms with E-state index in [1.807, 2.05) is 0 Å². The average molecular weight is 394 g/mol. The van der Waals surface area contributed by atoms with E-state index in [0.29, 0.717) is 16.9 Å². The Bertz CT molecular complexity index is 766. The predicted octanol–water partition coefficient (Wildman–Crippen LogP) is 2.31. The number of hydrogen-bond acceptors (Lipinski definition) is 6. The SMILES string of the molecule is Cl.Cl.Nc1ccc(CNC(=O)S(=O)(=O)Oc2ccc(N)cc2)cc1. The number of nitrogens with one attached hydrogen (secondary N) is 1. The number of hydrogen-bond donors (Lipinski definition) is 3. The predicted molar refractivity (Wildman–Crippen MR) is 98.0 cm³/mol. The summed E-state index contributed by atoms with van der Waals surface area (Å²) in [5, 5.41) is 1.05. The highest BCUT2D eigenvalue weighted by Gasteiger charge is 2.24. The highest BCUT2D eigenvalue weighted by molar-refractivity contribution is 8.02. The van der Waals surface area contributed by atoms with Gasteiger partial charge in [-0.25, -0.2) is 0 Å². The first kappa shape index (κ1) is 21.8. The van der Waals surface area contributed by atoms with Gasteiger partial charge in [-0.05, 0) is 42.0 Å². The van der Waals surface area contributed by atoms with E-state index < -0.39 is 15.4 Å². The Balaban J connectivity index is 0.00000264. The highest BCUT2D eigenvalue weighted by Crippen LogP contribution is 2.15. The van der Waals surface area contributed by atoms with Crippen molar-refractivity contribution in [3.63, 3.8) is 0 Å². The van der Waals surface area contributed by atoms with Crippen molar-refractivity contribution in [2.24, 2.45) is 0 Å². The summed E-state index contributed by atoms with van der Waals surface area (Å²) in [5.74, 6) is 0.0110. The quantitative estimate of drug-likeness (QED) is 0.540. The molecule has 0 atom stereocenters. The normalized spacial score (nSPS) is 10.0. The first-order valence-corrected chi connectivity index (χ1v) is 7.70. The van der Waals surface area contributed by atoms with Crippen molar-refractivity contribution in [1.29, 1.82) is 0 Å². The lowest BCUT2D eigenvalue weighted by Gasteiger charge is -2.08. The zero-order chi connectivity index (χ0) is 16.2. The van der Waals surface area contributed by atoms with Crippen molar-refractivity contribution in [3.8, 4) is 5.75 Å². The molecule has 0 fully saturated rings. The van der Waals surface area contributed by atoms with Crippen LogP contribution in [0.1, 0.15) is 5.56 Å². The molecule has 5 N–H and O–H groups in total. The molecule has 0 unspecified atom stereocenters. The van der Waals surface area contributed by atoms with Gasteiger partial charge in [0.15, 0.2) is 0 Å². The smallest absolute Gasteiger partial charge is 0.394 e. The Morgan fingerprint density at radius 3 is 1.88 bits per heavy atom. The van der Waals surface area contributed by atoms with Gasteiger partial charge in [0.2, 0.25) is 0 Å². The molecule has 0 bridgehead atoms. The second kappa shape index (κ2) is 9.21. The van der Waals surface area contributed by atoms with Crippen molar-refractivity contribution < 1.29 is 17.4 Å². The van der Waals surface area contributed by atoms with Gasteiger partial charge in [0.25, 0.3) is 0 Å². The maximum Gasteiger partial charge on any atom is 0.394 e. The summed E-state index contributed by atoms with van der Waals surface area (Å²) < 4.78 is 28.3. The summed E-state index contributed by atoms with van der Waals surface area (Å²) in [6.07, 6.45) is 0. The van der Waals surface area contributed by atoms with Gasteiger partial charge >= 0.3 is 15.4 Å². The minimum absolute atomic E-state index is 0. The fourth-order valence-corrected chi connectivity index (χ4v) is 2.28. The molecule has 0 aliphatic carbocycles. The molecule has 1 amide bonds. The standard InChI is InChI=1S/C14H15N3O4S.2ClH/c15-11-3-1-10(2-4-11)9-17-14(18)22(19,20)21-13-7-5-12(16)6-8-13;;/h1-8H,9,15-16H2,(H,17,18);2*1H. The topological polar surface area (TPSA) is 125 Å². The zero-order valence-corrected chi connectivity index (χ0v) is 14.8. The molecule has 2 rings (SSSR count). The first-order valence-electron chi connectivity index (χ1n) is 6.29. The lowest BCUT2D eigenvalue weighted by atomic mass is 10.2. The molecule has 0 saturated carbocycles. The number of halogens is 2. The third-order valence-corrected chi connectivity index (χ3v) is 3.74. The second-order valence-corrected chi connectivity index (χ2v) is 5.93. The number of benzene rings is 2. The summed E-state index contributed by atoms with van der Waals surface area (Å²) in [6, 6.07) is 12.3. The number of carbonyl (C=O) groups is 1. The van der Waals surface area contributed by atoms with Gasteiger partial charge in [-0.3, -0.25) is 4.79 Å². The van der Waals surface area contributed by atoms with Gasteiger partial charge in [0.05, 0.1) is 0 Å². The molecule has 0 aromatic heterocycles. The number of anilines is 2. The van der Waals surface area contributed by atoms with Crippen molar-refractivity contribution in [1.82, 2.24) is 5.32 Å². The molecule has 0 heterocycles. The van der Waals surface area contributed by atoms with Crippen LogP contribution in [-0.2, 0) is 16.7 Å². The summed E-state index contributed by atoms with van der Waals surface area (Å²) >= 11 is 0. The largest absolute Gasteiger partial charge is 0.399 e. The summed E-state index contributed by atoms with van der Waals surface area (Å²) in [6.45, 7) is 0.0451.